The van der Waals surface area contributed by atoms with Crippen LogP contribution in [0.15, 0.2) is 29.4 Å². The van der Waals surface area contributed by atoms with E-state index in [4.69, 9.17) is 10.9 Å². The number of nitrogens with zero attached hydrogens (tertiary/aromatic N) is 1. The Labute approximate surface area is 65.1 Å². The third-order valence-corrected chi connectivity index (χ3v) is 1.50. The molecule has 1 aromatic rings. The Morgan fingerprint density at radius 2 is 2.09 bits per heavy atom. The van der Waals surface area contributed by atoms with Crippen LogP contribution in [0, 0.1) is 0 Å². The monoisotopic (exact) mass is 150 g/mol. The number of hydrogen-bond acceptors (Lipinski definition) is 3. The summed E-state index contributed by atoms with van der Waals surface area (Å²) in [5.41, 5.74) is 7.54. The summed E-state index contributed by atoms with van der Waals surface area (Å²) in [6, 6.07) is 7.26. The predicted molar refractivity (Wildman–Crippen MR) is 44.9 cm³/mol. The maximum absolute atomic E-state index is 8.45. The number of nitrogens with two attached hydrogens (primary N) is 1. The number of benzene rings is 1. The molecule has 0 saturated heterocycles. The lowest BCUT2D eigenvalue weighted by Crippen LogP contribution is -1.99. The van der Waals surface area contributed by atoms with E-state index in [0.717, 1.165) is 5.56 Å². The minimum atomic E-state index is 0.531. The van der Waals surface area contributed by atoms with Crippen molar-refractivity contribution in [2.45, 2.75) is 6.92 Å². The molecule has 0 spiro atoms. The molecule has 0 aliphatic rings. The molecule has 0 heterocycles. The van der Waals surface area contributed by atoms with E-state index in [0.29, 0.717) is 11.4 Å². The number of nitrogen functional groups attached to an aromatic ring is 1. The second-order valence-electron chi connectivity index (χ2n) is 2.27. The number of hydrogen-bond donors (Lipinski definition) is 2. The maximum Gasteiger partial charge on any atom is 0.0857 e. The Morgan fingerprint density at radius 1 is 1.45 bits per heavy atom. The summed E-state index contributed by atoms with van der Waals surface area (Å²) in [7, 11) is 0. The van der Waals surface area contributed by atoms with E-state index in [1.807, 2.05) is 18.2 Å². The standard InChI is InChI=1S/C8H10N2O/c1-6(10-11)7-4-2-3-5-8(7)9/h2-5,11H,9H2,1H3. The molecule has 0 fully saturated rings. The molecule has 0 unspecified atom stereocenters. The van der Waals surface area contributed by atoms with Crippen LogP contribution in [-0.2, 0) is 0 Å². The molecule has 0 atom stereocenters. The molecular weight excluding hydrogens is 140 g/mol. The molecule has 11 heavy (non-hydrogen) atoms. The molecule has 3 nitrogen and oxygen atoms in total. The highest BCUT2D eigenvalue weighted by Gasteiger charge is 1.99. The smallest absolute Gasteiger partial charge is 0.0857 e. The first-order chi connectivity index (χ1) is 5.25. The summed E-state index contributed by atoms with van der Waals surface area (Å²) in [4.78, 5) is 0. The van der Waals surface area contributed by atoms with Gasteiger partial charge in [-0.15, -0.1) is 0 Å². The van der Waals surface area contributed by atoms with Crippen LogP contribution in [0.25, 0.3) is 0 Å². The van der Waals surface area contributed by atoms with Gasteiger partial charge < -0.3 is 10.9 Å². The van der Waals surface area contributed by atoms with Gasteiger partial charge in [0.05, 0.1) is 5.71 Å². The molecule has 3 N–H and O–H groups in total. The highest BCUT2D eigenvalue weighted by molar-refractivity contribution is 6.02. The van der Waals surface area contributed by atoms with Gasteiger partial charge in [-0.1, -0.05) is 23.4 Å². The van der Waals surface area contributed by atoms with Crippen LogP contribution >= 0.6 is 0 Å². The fourth-order valence-electron chi connectivity index (χ4n) is 0.880. The second kappa shape index (κ2) is 3.05. The Bertz CT molecular complexity index is 281. The number of para-hydroxylation sites is 1. The van der Waals surface area contributed by atoms with Crippen LogP contribution in [0.2, 0.25) is 0 Å². The summed E-state index contributed by atoms with van der Waals surface area (Å²) < 4.78 is 0. The van der Waals surface area contributed by atoms with Crippen molar-refractivity contribution < 1.29 is 5.21 Å². The van der Waals surface area contributed by atoms with Crippen LogP contribution in [0.3, 0.4) is 0 Å². The van der Waals surface area contributed by atoms with Crippen LogP contribution in [0.5, 0.6) is 0 Å². The van der Waals surface area contributed by atoms with Crippen molar-refractivity contribution in [2.24, 2.45) is 5.16 Å². The fourth-order valence-corrected chi connectivity index (χ4v) is 0.880. The largest absolute Gasteiger partial charge is 0.411 e. The minimum Gasteiger partial charge on any atom is -0.411 e. The van der Waals surface area contributed by atoms with Crippen molar-refractivity contribution in [3.05, 3.63) is 29.8 Å². The van der Waals surface area contributed by atoms with Gasteiger partial charge in [-0.2, -0.15) is 0 Å². The maximum atomic E-state index is 8.45. The van der Waals surface area contributed by atoms with Gasteiger partial charge in [-0.25, -0.2) is 0 Å². The average Bonchev–Trinajstić information content (AvgIpc) is 2.04. The van der Waals surface area contributed by atoms with E-state index >= 15 is 0 Å². The fraction of sp³-hybridized carbons (Fsp3) is 0.125. The van der Waals surface area contributed by atoms with Gasteiger partial charge >= 0.3 is 0 Å². The molecule has 0 bridgehead atoms. The summed E-state index contributed by atoms with van der Waals surface area (Å²) in [5, 5.41) is 11.5. The lowest BCUT2D eigenvalue weighted by Gasteiger charge is -2.01. The van der Waals surface area contributed by atoms with Crippen LogP contribution < -0.4 is 5.73 Å². The Balaban J connectivity index is 3.14. The van der Waals surface area contributed by atoms with Crippen molar-refractivity contribution in [3.63, 3.8) is 0 Å². The first-order valence-corrected chi connectivity index (χ1v) is 3.29. The molecule has 0 saturated carbocycles. The van der Waals surface area contributed by atoms with Gasteiger partial charge in [0.15, 0.2) is 0 Å². The van der Waals surface area contributed by atoms with E-state index in [2.05, 4.69) is 5.16 Å². The van der Waals surface area contributed by atoms with E-state index in [1.54, 1.807) is 13.0 Å². The molecule has 1 rings (SSSR count). The Hall–Kier alpha value is -1.51. The lowest BCUT2D eigenvalue weighted by atomic mass is 10.1. The van der Waals surface area contributed by atoms with Crippen LogP contribution in [0.4, 0.5) is 5.69 Å². The lowest BCUT2D eigenvalue weighted by molar-refractivity contribution is 0.319. The zero-order valence-electron chi connectivity index (χ0n) is 6.28. The summed E-state index contributed by atoms with van der Waals surface area (Å²) >= 11 is 0. The SMILES string of the molecule is CC(=NO)c1ccccc1N. The molecule has 58 valence electrons. The second-order valence-corrected chi connectivity index (χ2v) is 2.27. The minimum absolute atomic E-state index is 0.531. The van der Waals surface area contributed by atoms with E-state index in [1.165, 1.54) is 0 Å². The van der Waals surface area contributed by atoms with Gasteiger partial charge in [0.2, 0.25) is 0 Å². The molecular formula is C8H10N2O. The zero-order valence-corrected chi connectivity index (χ0v) is 6.28. The third kappa shape index (κ3) is 1.49. The van der Waals surface area contributed by atoms with E-state index in [-0.39, 0.29) is 0 Å². The topological polar surface area (TPSA) is 58.6 Å². The van der Waals surface area contributed by atoms with Crippen molar-refractivity contribution in [3.8, 4) is 0 Å². The highest BCUT2D eigenvalue weighted by Crippen LogP contribution is 2.10. The summed E-state index contributed by atoms with van der Waals surface area (Å²) in [6.45, 7) is 1.70. The number of oxime groups is 1. The summed E-state index contributed by atoms with van der Waals surface area (Å²) in [5.74, 6) is 0. The molecule has 0 amide bonds. The normalized spacial score (nSPS) is 11.5. The van der Waals surface area contributed by atoms with Gasteiger partial charge in [-0.05, 0) is 13.0 Å². The van der Waals surface area contributed by atoms with E-state index < -0.39 is 0 Å². The first-order valence-electron chi connectivity index (χ1n) is 3.29. The van der Waals surface area contributed by atoms with Gasteiger partial charge in [0, 0.05) is 11.3 Å². The summed E-state index contributed by atoms with van der Waals surface area (Å²) in [6.07, 6.45) is 0. The van der Waals surface area contributed by atoms with Crippen molar-refractivity contribution >= 4 is 11.4 Å². The molecule has 0 aliphatic heterocycles. The Morgan fingerprint density at radius 3 is 2.64 bits per heavy atom. The predicted octanol–water partition coefficient (Wildman–Crippen LogP) is 1.47. The molecule has 0 aromatic heterocycles. The van der Waals surface area contributed by atoms with Gasteiger partial charge in [0.1, 0.15) is 0 Å². The van der Waals surface area contributed by atoms with Crippen molar-refractivity contribution in [2.75, 3.05) is 5.73 Å². The Kier molecular flexibility index (Phi) is 2.11. The van der Waals surface area contributed by atoms with Gasteiger partial charge in [-0.3, -0.25) is 0 Å². The van der Waals surface area contributed by atoms with E-state index in [9.17, 15) is 0 Å². The third-order valence-electron chi connectivity index (χ3n) is 1.50. The molecule has 0 radical (unpaired) electrons. The molecule has 3 heteroatoms. The quantitative estimate of drug-likeness (QED) is 0.275. The van der Waals surface area contributed by atoms with Crippen molar-refractivity contribution in [1.29, 1.82) is 0 Å². The highest BCUT2D eigenvalue weighted by atomic mass is 16.4. The first kappa shape index (κ1) is 7.60. The molecule has 1 aromatic carbocycles. The van der Waals surface area contributed by atoms with Crippen LogP contribution in [-0.4, -0.2) is 10.9 Å². The molecule has 0 aliphatic carbocycles. The number of rotatable bonds is 1. The number of anilines is 1. The van der Waals surface area contributed by atoms with Crippen molar-refractivity contribution in [1.82, 2.24) is 0 Å². The van der Waals surface area contributed by atoms with Gasteiger partial charge in [0.25, 0.3) is 0 Å². The average molecular weight is 150 g/mol. The zero-order chi connectivity index (χ0) is 8.27. The van der Waals surface area contributed by atoms with Crippen LogP contribution in [0.1, 0.15) is 12.5 Å².